The molecule has 0 atom stereocenters. The number of rotatable bonds is 3. The Kier molecular flexibility index (Phi) is 2.70. The Balaban J connectivity index is 1.95. The predicted molar refractivity (Wildman–Crippen MR) is 70.2 cm³/mol. The quantitative estimate of drug-likeness (QED) is 0.893. The summed E-state index contributed by atoms with van der Waals surface area (Å²) in [4.78, 5) is 13.4. The average Bonchev–Trinajstić information content (AvgIpc) is 3.20. The van der Waals surface area contributed by atoms with Crippen molar-refractivity contribution in [3.63, 3.8) is 0 Å². The first-order chi connectivity index (χ1) is 8.74. The van der Waals surface area contributed by atoms with Crippen LogP contribution < -0.4 is 5.73 Å². The minimum atomic E-state index is 0.524. The first-order valence-electron chi connectivity index (χ1n) is 6.27. The molecule has 2 heterocycles. The number of pyridine rings is 1. The lowest BCUT2D eigenvalue weighted by molar-refractivity contribution is 0.871. The van der Waals surface area contributed by atoms with Crippen molar-refractivity contribution in [1.82, 2.24) is 15.0 Å². The Morgan fingerprint density at radius 2 is 2.11 bits per heavy atom. The van der Waals surface area contributed by atoms with Crippen molar-refractivity contribution in [1.29, 1.82) is 0 Å². The van der Waals surface area contributed by atoms with Gasteiger partial charge in [0.25, 0.3) is 0 Å². The van der Waals surface area contributed by atoms with Gasteiger partial charge < -0.3 is 5.73 Å². The van der Waals surface area contributed by atoms with Crippen LogP contribution in [0.1, 0.15) is 41.5 Å². The second-order valence-corrected chi connectivity index (χ2v) is 4.81. The van der Waals surface area contributed by atoms with Gasteiger partial charge in [-0.1, -0.05) is 6.07 Å². The van der Waals surface area contributed by atoms with Crippen LogP contribution in [0, 0.1) is 6.92 Å². The van der Waals surface area contributed by atoms with Gasteiger partial charge in [0, 0.05) is 29.8 Å². The summed E-state index contributed by atoms with van der Waals surface area (Å²) < 4.78 is 0. The number of nitrogen functional groups attached to an aromatic ring is 1. The van der Waals surface area contributed by atoms with Gasteiger partial charge in [0.2, 0.25) is 0 Å². The Labute approximate surface area is 106 Å². The van der Waals surface area contributed by atoms with Gasteiger partial charge in [-0.25, -0.2) is 9.97 Å². The molecule has 92 valence electrons. The van der Waals surface area contributed by atoms with Crippen molar-refractivity contribution in [3.05, 3.63) is 47.2 Å². The van der Waals surface area contributed by atoms with E-state index in [9.17, 15) is 0 Å². The first-order valence-corrected chi connectivity index (χ1v) is 6.27. The smallest absolute Gasteiger partial charge is 0.134 e. The predicted octanol–water partition coefficient (Wildman–Crippen LogP) is 2.23. The van der Waals surface area contributed by atoms with Crippen LogP contribution in [-0.4, -0.2) is 15.0 Å². The molecule has 2 aromatic rings. The third-order valence-electron chi connectivity index (χ3n) is 3.32. The number of hydrogen-bond donors (Lipinski definition) is 1. The van der Waals surface area contributed by atoms with Gasteiger partial charge in [-0.3, -0.25) is 4.98 Å². The SMILES string of the molecule is Cc1c(N)nc(C2CC2)nc1Cc1ccccn1. The van der Waals surface area contributed by atoms with E-state index in [1.807, 2.05) is 25.1 Å². The van der Waals surface area contributed by atoms with Crippen molar-refractivity contribution < 1.29 is 0 Å². The van der Waals surface area contributed by atoms with Crippen LogP contribution in [0.2, 0.25) is 0 Å². The molecule has 2 N–H and O–H groups in total. The van der Waals surface area contributed by atoms with Crippen LogP contribution in [0.4, 0.5) is 5.82 Å². The molecule has 0 unspecified atom stereocenters. The first kappa shape index (κ1) is 11.1. The Hall–Kier alpha value is -1.97. The fourth-order valence-corrected chi connectivity index (χ4v) is 1.97. The summed E-state index contributed by atoms with van der Waals surface area (Å²) >= 11 is 0. The van der Waals surface area contributed by atoms with Crippen molar-refractivity contribution in [2.45, 2.75) is 32.1 Å². The van der Waals surface area contributed by atoms with E-state index in [1.54, 1.807) is 6.20 Å². The maximum Gasteiger partial charge on any atom is 0.134 e. The lowest BCUT2D eigenvalue weighted by Gasteiger charge is -2.09. The van der Waals surface area contributed by atoms with E-state index in [0.29, 0.717) is 11.7 Å². The zero-order chi connectivity index (χ0) is 12.5. The van der Waals surface area contributed by atoms with Crippen LogP contribution >= 0.6 is 0 Å². The van der Waals surface area contributed by atoms with Gasteiger partial charge in [-0.05, 0) is 31.9 Å². The molecule has 4 nitrogen and oxygen atoms in total. The van der Waals surface area contributed by atoms with Gasteiger partial charge in [0.15, 0.2) is 0 Å². The summed E-state index contributed by atoms with van der Waals surface area (Å²) in [7, 11) is 0. The third kappa shape index (κ3) is 2.18. The molecule has 0 aromatic carbocycles. The van der Waals surface area contributed by atoms with E-state index in [-0.39, 0.29) is 0 Å². The molecule has 3 rings (SSSR count). The van der Waals surface area contributed by atoms with E-state index in [1.165, 1.54) is 12.8 Å². The fourth-order valence-electron chi connectivity index (χ4n) is 1.97. The Bertz CT molecular complexity index is 562. The standard InChI is InChI=1S/C14H16N4/c1-9-12(8-11-4-2-3-7-16-11)17-14(10-5-6-10)18-13(9)15/h2-4,7,10H,5-6,8H2,1H3,(H2,15,17,18). The van der Waals surface area contributed by atoms with E-state index >= 15 is 0 Å². The summed E-state index contributed by atoms with van der Waals surface area (Å²) in [6.45, 7) is 1.98. The van der Waals surface area contributed by atoms with Crippen LogP contribution in [0.3, 0.4) is 0 Å². The molecule has 0 spiro atoms. The lowest BCUT2D eigenvalue weighted by atomic mass is 10.1. The lowest BCUT2D eigenvalue weighted by Crippen LogP contribution is -2.07. The molecule has 1 aliphatic carbocycles. The number of nitrogens with zero attached hydrogens (tertiary/aromatic N) is 3. The monoisotopic (exact) mass is 240 g/mol. The normalized spacial score (nSPS) is 14.7. The number of hydrogen-bond acceptors (Lipinski definition) is 4. The molecule has 1 fully saturated rings. The highest BCUT2D eigenvalue weighted by Gasteiger charge is 2.27. The molecule has 0 amide bonds. The third-order valence-corrected chi connectivity index (χ3v) is 3.32. The summed E-state index contributed by atoms with van der Waals surface area (Å²) in [5.74, 6) is 2.04. The van der Waals surface area contributed by atoms with Crippen molar-refractivity contribution in [2.24, 2.45) is 0 Å². The number of anilines is 1. The zero-order valence-corrected chi connectivity index (χ0v) is 10.4. The topological polar surface area (TPSA) is 64.7 Å². The van der Waals surface area contributed by atoms with Gasteiger partial charge in [-0.2, -0.15) is 0 Å². The van der Waals surface area contributed by atoms with Crippen molar-refractivity contribution >= 4 is 5.82 Å². The van der Waals surface area contributed by atoms with Gasteiger partial charge >= 0.3 is 0 Å². The largest absolute Gasteiger partial charge is 0.383 e. The highest BCUT2D eigenvalue weighted by Crippen LogP contribution is 2.38. The van der Waals surface area contributed by atoms with E-state index in [0.717, 1.165) is 29.2 Å². The van der Waals surface area contributed by atoms with Crippen LogP contribution in [0.25, 0.3) is 0 Å². The van der Waals surface area contributed by atoms with Crippen LogP contribution in [0.5, 0.6) is 0 Å². The fraction of sp³-hybridized carbons (Fsp3) is 0.357. The number of aromatic nitrogens is 3. The average molecular weight is 240 g/mol. The van der Waals surface area contributed by atoms with Gasteiger partial charge in [0.05, 0.1) is 5.69 Å². The summed E-state index contributed by atoms with van der Waals surface area (Å²) in [5, 5.41) is 0. The maximum absolute atomic E-state index is 5.97. The van der Waals surface area contributed by atoms with Crippen molar-refractivity contribution in [2.75, 3.05) is 5.73 Å². The van der Waals surface area contributed by atoms with Crippen molar-refractivity contribution in [3.8, 4) is 0 Å². The molecule has 4 heteroatoms. The van der Waals surface area contributed by atoms with Crippen LogP contribution in [-0.2, 0) is 6.42 Å². The minimum Gasteiger partial charge on any atom is -0.383 e. The Morgan fingerprint density at radius 1 is 1.28 bits per heavy atom. The number of nitrogens with two attached hydrogens (primary N) is 1. The van der Waals surface area contributed by atoms with E-state index in [2.05, 4.69) is 15.0 Å². The highest BCUT2D eigenvalue weighted by atomic mass is 15.0. The molecule has 0 bridgehead atoms. The summed E-state index contributed by atoms with van der Waals surface area (Å²) in [6.07, 6.45) is 4.90. The molecule has 2 aromatic heterocycles. The second kappa shape index (κ2) is 4.37. The summed E-state index contributed by atoms with van der Waals surface area (Å²) in [5.41, 5.74) is 8.96. The molecule has 0 radical (unpaired) electrons. The van der Waals surface area contributed by atoms with E-state index in [4.69, 9.17) is 5.73 Å². The Morgan fingerprint density at radius 3 is 2.78 bits per heavy atom. The van der Waals surface area contributed by atoms with E-state index < -0.39 is 0 Å². The molecule has 0 aliphatic heterocycles. The van der Waals surface area contributed by atoms with Crippen LogP contribution in [0.15, 0.2) is 24.4 Å². The molecule has 18 heavy (non-hydrogen) atoms. The highest BCUT2D eigenvalue weighted by molar-refractivity contribution is 5.43. The molecular weight excluding hydrogens is 224 g/mol. The molecular formula is C14H16N4. The zero-order valence-electron chi connectivity index (χ0n) is 10.4. The molecule has 1 saturated carbocycles. The molecule has 1 aliphatic rings. The van der Waals surface area contributed by atoms with Gasteiger partial charge in [0.1, 0.15) is 11.6 Å². The maximum atomic E-state index is 5.97. The van der Waals surface area contributed by atoms with Gasteiger partial charge in [-0.15, -0.1) is 0 Å². The summed E-state index contributed by atoms with van der Waals surface area (Å²) in [6, 6.07) is 5.92. The second-order valence-electron chi connectivity index (χ2n) is 4.81. The minimum absolute atomic E-state index is 0.524. The molecule has 0 saturated heterocycles.